The Morgan fingerprint density at radius 3 is 3.12 bits per heavy atom. The van der Waals surface area contributed by atoms with E-state index in [4.69, 9.17) is 11.6 Å². The molecular formula is C13H16ClN3. The van der Waals surface area contributed by atoms with Gasteiger partial charge in [0.25, 0.3) is 0 Å². The number of H-pyrrole nitrogens is 1. The predicted octanol–water partition coefficient (Wildman–Crippen LogP) is 2.68. The van der Waals surface area contributed by atoms with Gasteiger partial charge in [0.05, 0.1) is 11.0 Å². The Bertz CT molecular complexity index is 541. The van der Waals surface area contributed by atoms with Gasteiger partial charge >= 0.3 is 0 Å². The van der Waals surface area contributed by atoms with E-state index in [1.165, 1.54) is 6.42 Å². The third-order valence-corrected chi connectivity index (χ3v) is 3.94. The third kappa shape index (κ3) is 2.05. The minimum Gasteiger partial charge on any atom is -0.342 e. The number of nitrogens with one attached hydrogen (secondary N) is 2. The largest absolute Gasteiger partial charge is 0.342 e. The molecule has 1 aromatic carbocycles. The van der Waals surface area contributed by atoms with Gasteiger partial charge in [0.1, 0.15) is 5.82 Å². The maximum Gasteiger partial charge on any atom is 0.107 e. The molecule has 17 heavy (non-hydrogen) atoms. The molecule has 0 aliphatic carbocycles. The van der Waals surface area contributed by atoms with Crippen molar-refractivity contribution >= 4 is 22.6 Å². The number of imidazole rings is 1. The number of aromatic amines is 1. The Balaban J connectivity index is 1.93. The van der Waals surface area contributed by atoms with E-state index in [0.717, 1.165) is 47.0 Å². The first kappa shape index (κ1) is 11.1. The lowest BCUT2D eigenvalue weighted by Crippen LogP contribution is -2.11. The number of nitrogens with zero attached hydrogens (tertiary/aromatic N) is 1. The molecule has 2 aromatic rings. The van der Waals surface area contributed by atoms with E-state index >= 15 is 0 Å². The summed E-state index contributed by atoms with van der Waals surface area (Å²) in [5.74, 6) is 1.80. The fourth-order valence-electron chi connectivity index (χ4n) is 2.50. The highest BCUT2D eigenvalue weighted by atomic mass is 35.5. The summed E-state index contributed by atoms with van der Waals surface area (Å²) in [6.45, 7) is 4.26. The van der Waals surface area contributed by atoms with E-state index in [0.29, 0.717) is 5.92 Å². The third-order valence-electron chi connectivity index (χ3n) is 3.54. The van der Waals surface area contributed by atoms with Crippen LogP contribution in [-0.4, -0.2) is 23.1 Å². The molecule has 90 valence electrons. The van der Waals surface area contributed by atoms with Crippen LogP contribution in [0, 0.1) is 12.8 Å². The number of fused-ring (bicyclic) bond motifs is 1. The lowest BCUT2D eigenvalue weighted by atomic mass is 10.1. The molecule has 0 saturated carbocycles. The maximum absolute atomic E-state index is 6.10. The Labute approximate surface area is 106 Å². The molecule has 1 fully saturated rings. The van der Waals surface area contributed by atoms with Crippen molar-refractivity contribution in [2.45, 2.75) is 19.8 Å². The van der Waals surface area contributed by atoms with E-state index in [9.17, 15) is 0 Å². The number of hydrogen-bond donors (Lipinski definition) is 2. The summed E-state index contributed by atoms with van der Waals surface area (Å²) >= 11 is 6.10. The standard InChI is InChI=1S/C13H16ClN3/c1-8-10(14)2-3-11-13(8)17-12(16-11)6-9-4-5-15-7-9/h2-3,9,15H,4-7H2,1H3,(H,16,17). The maximum atomic E-state index is 6.10. The molecule has 1 unspecified atom stereocenters. The van der Waals surface area contributed by atoms with E-state index in [1.54, 1.807) is 0 Å². The first-order valence-corrected chi connectivity index (χ1v) is 6.46. The zero-order valence-electron chi connectivity index (χ0n) is 9.89. The van der Waals surface area contributed by atoms with Crippen molar-refractivity contribution in [1.82, 2.24) is 15.3 Å². The van der Waals surface area contributed by atoms with Crippen molar-refractivity contribution in [3.05, 3.63) is 28.5 Å². The molecular weight excluding hydrogens is 234 g/mol. The average molecular weight is 250 g/mol. The molecule has 0 radical (unpaired) electrons. The topological polar surface area (TPSA) is 40.7 Å². The van der Waals surface area contributed by atoms with Gasteiger partial charge in [0.2, 0.25) is 0 Å². The molecule has 1 aliphatic rings. The number of aromatic nitrogens is 2. The summed E-state index contributed by atoms with van der Waals surface area (Å²) in [4.78, 5) is 8.06. The highest BCUT2D eigenvalue weighted by Gasteiger charge is 2.17. The van der Waals surface area contributed by atoms with Crippen LogP contribution in [0.4, 0.5) is 0 Å². The molecule has 2 N–H and O–H groups in total. The summed E-state index contributed by atoms with van der Waals surface area (Å²) in [7, 11) is 0. The minimum atomic E-state index is 0.714. The van der Waals surface area contributed by atoms with Crippen molar-refractivity contribution < 1.29 is 0 Å². The number of benzene rings is 1. The Morgan fingerprint density at radius 2 is 2.35 bits per heavy atom. The molecule has 1 aliphatic heterocycles. The Kier molecular flexibility index (Phi) is 2.81. The fraction of sp³-hybridized carbons (Fsp3) is 0.462. The van der Waals surface area contributed by atoms with Crippen LogP contribution in [0.2, 0.25) is 5.02 Å². The Hall–Kier alpha value is -1.06. The van der Waals surface area contributed by atoms with E-state index in [-0.39, 0.29) is 0 Å². The SMILES string of the molecule is Cc1c(Cl)ccc2[nH]c(CC3CCNC3)nc12. The zero-order valence-corrected chi connectivity index (χ0v) is 10.6. The number of aryl methyl sites for hydroxylation is 1. The van der Waals surface area contributed by atoms with Gasteiger partial charge in [-0.2, -0.15) is 0 Å². The van der Waals surface area contributed by atoms with Gasteiger partial charge in [-0.15, -0.1) is 0 Å². The van der Waals surface area contributed by atoms with E-state index < -0.39 is 0 Å². The molecule has 4 heteroatoms. The molecule has 0 bridgehead atoms. The molecule has 1 aromatic heterocycles. The van der Waals surface area contributed by atoms with Crippen LogP contribution in [0.25, 0.3) is 11.0 Å². The quantitative estimate of drug-likeness (QED) is 0.859. The highest BCUT2D eigenvalue weighted by molar-refractivity contribution is 6.32. The van der Waals surface area contributed by atoms with Crippen LogP contribution >= 0.6 is 11.6 Å². The molecule has 3 nitrogen and oxygen atoms in total. The summed E-state index contributed by atoms with van der Waals surface area (Å²) in [5.41, 5.74) is 3.17. The summed E-state index contributed by atoms with van der Waals surface area (Å²) in [5, 5.41) is 4.17. The second kappa shape index (κ2) is 4.31. The molecule has 0 spiro atoms. The summed E-state index contributed by atoms with van der Waals surface area (Å²) < 4.78 is 0. The Morgan fingerprint density at radius 1 is 1.47 bits per heavy atom. The molecule has 2 heterocycles. The van der Waals surface area contributed by atoms with Crippen molar-refractivity contribution in [1.29, 1.82) is 0 Å². The van der Waals surface area contributed by atoms with Gasteiger partial charge in [-0.05, 0) is 50.0 Å². The second-order valence-electron chi connectivity index (χ2n) is 4.81. The molecule has 3 rings (SSSR count). The highest BCUT2D eigenvalue weighted by Crippen LogP contribution is 2.24. The van der Waals surface area contributed by atoms with Crippen LogP contribution < -0.4 is 5.32 Å². The van der Waals surface area contributed by atoms with Gasteiger partial charge in [-0.25, -0.2) is 4.98 Å². The number of halogens is 1. The van der Waals surface area contributed by atoms with Crippen LogP contribution in [0.5, 0.6) is 0 Å². The number of hydrogen-bond acceptors (Lipinski definition) is 2. The van der Waals surface area contributed by atoms with Gasteiger partial charge < -0.3 is 10.3 Å². The van der Waals surface area contributed by atoms with Gasteiger partial charge in [0.15, 0.2) is 0 Å². The van der Waals surface area contributed by atoms with E-state index in [2.05, 4.69) is 15.3 Å². The van der Waals surface area contributed by atoms with Crippen LogP contribution in [0.3, 0.4) is 0 Å². The van der Waals surface area contributed by atoms with Crippen molar-refractivity contribution in [2.75, 3.05) is 13.1 Å². The van der Waals surface area contributed by atoms with E-state index in [1.807, 2.05) is 19.1 Å². The summed E-state index contributed by atoms with van der Waals surface area (Å²) in [6.07, 6.45) is 2.27. The smallest absolute Gasteiger partial charge is 0.107 e. The van der Waals surface area contributed by atoms with Crippen molar-refractivity contribution in [3.8, 4) is 0 Å². The van der Waals surface area contributed by atoms with Crippen molar-refractivity contribution in [2.24, 2.45) is 5.92 Å². The second-order valence-corrected chi connectivity index (χ2v) is 5.22. The lowest BCUT2D eigenvalue weighted by molar-refractivity contribution is 0.565. The van der Waals surface area contributed by atoms with Crippen LogP contribution in [-0.2, 0) is 6.42 Å². The first-order chi connectivity index (χ1) is 8.24. The normalized spacial score (nSPS) is 20.2. The molecule has 1 atom stereocenters. The predicted molar refractivity (Wildman–Crippen MR) is 70.5 cm³/mol. The lowest BCUT2D eigenvalue weighted by Gasteiger charge is -2.03. The molecule has 0 amide bonds. The first-order valence-electron chi connectivity index (χ1n) is 6.08. The van der Waals surface area contributed by atoms with Crippen LogP contribution in [0.15, 0.2) is 12.1 Å². The van der Waals surface area contributed by atoms with Crippen molar-refractivity contribution in [3.63, 3.8) is 0 Å². The number of rotatable bonds is 2. The molecule has 1 saturated heterocycles. The monoisotopic (exact) mass is 249 g/mol. The fourth-order valence-corrected chi connectivity index (χ4v) is 2.65. The van der Waals surface area contributed by atoms with Crippen LogP contribution in [0.1, 0.15) is 17.8 Å². The minimum absolute atomic E-state index is 0.714. The van der Waals surface area contributed by atoms with Gasteiger partial charge in [-0.1, -0.05) is 11.6 Å². The zero-order chi connectivity index (χ0) is 11.8. The summed E-state index contributed by atoms with van der Waals surface area (Å²) in [6, 6.07) is 3.94. The van der Waals surface area contributed by atoms with Gasteiger partial charge in [-0.3, -0.25) is 0 Å². The average Bonchev–Trinajstić information content (AvgIpc) is 2.93. The van der Waals surface area contributed by atoms with Gasteiger partial charge in [0, 0.05) is 11.4 Å².